The molecule has 1 fully saturated rings. The molecule has 0 aliphatic carbocycles. The van der Waals surface area contributed by atoms with Gasteiger partial charge in [0.05, 0.1) is 12.3 Å². The summed E-state index contributed by atoms with van der Waals surface area (Å²) in [7, 11) is 0. The van der Waals surface area contributed by atoms with Crippen molar-refractivity contribution >= 4 is 11.8 Å². The van der Waals surface area contributed by atoms with Gasteiger partial charge in [-0.15, -0.1) is 0 Å². The lowest BCUT2D eigenvalue weighted by molar-refractivity contribution is -0.124. The molecule has 19 heavy (non-hydrogen) atoms. The van der Waals surface area contributed by atoms with Gasteiger partial charge in [0, 0.05) is 12.1 Å². The van der Waals surface area contributed by atoms with Crippen LogP contribution in [0.4, 0.5) is 0 Å². The van der Waals surface area contributed by atoms with E-state index in [1.807, 2.05) is 10.3 Å². The van der Waals surface area contributed by atoms with E-state index in [4.69, 9.17) is 16.0 Å². The van der Waals surface area contributed by atoms with Crippen LogP contribution < -0.4 is 17.0 Å². The minimum absolute atomic E-state index is 0.177. The van der Waals surface area contributed by atoms with Gasteiger partial charge < -0.3 is 10.2 Å². The van der Waals surface area contributed by atoms with Crippen LogP contribution in [0.1, 0.15) is 35.4 Å². The minimum atomic E-state index is -0.479. The topological polar surface area (TPSA) is 115 Å². The average Bonchev–Trinajstić information content (AvgIpc) is 2.86. The van der Waals surface area contributed by atoms with E-state index in [-0.39, 0.29) is 17.7 Å². The molecule has 2 amide bonds. The first-order chi connectivity index (χ1) is 9.13. The first kappa shape index (κ1) is 13.6. The normalized spacial score (nSPS) is 20.2. The highest BCUT2D eigenvalue weighted by Crippen LogP contribution is 2.21. The number of nitrogens with zero attached hydrogens (tertiary/aromatic N) is 1. The van der Waals surface area contributed by atoms with E-state index in [1.165, 1.54) is 6.26 Å². The summed E-state index contributed by atoms with van der Waals surface area (Å²) in [4.78, 5) is 24.9. The van der Waals surface area contributed by atoms with E-state index < -0.39 is 5.91 Å². The van der Waals surface area contributed by atoms with Gasteiger partial charge in [0.1, 0.15) is 0 Å². The second-order valence-corrected chi connectivity index (χ2v) is 4.63. The lowest BCUT2D eigenvalue weighted by Crippen LogP contribution is -2.47. The van der Waals surface area contributed by atoms with E-state index in [2.05, 4.69) is 0 Å². The monoisotopic (exact) mass is 266 g/mol. The number of carbonyl (C=O) groups excluding carboxylic acids is 2. The molecule has 2 rings (SSSR count). The molecule has 1 saturated heterocycles. The Morgan fingerprint density at radius 1 is 1.47 bits per heavy atom. The third-order valence-corrected chi connectivity index (χ3v) is 3.40. The molecule has 1 aliphatic rings. The van der Waals surface area contributed by atoms with Crippen LogP contribution in [0.2, 0.25) is 0 Å². The number of primary amides is 1. The fourth-order valence-corrected chi connectivity index (χ4v) is 2.45. The van der Waals surface area contributed by atoms with Crippen molar-refractivity contribution in [3.05, 3.63) is 23.7 Å². The Labute approximate surface area is 110 Å². The number of nitrogens with two attached hydrogens (primary N) is 2. The summed E-state index contributed by atoms with van der Waals surface area (Å²) in [6.07, 6.45) is 4.19. The maximum atomic E-state index is 11.5. The summed E-state index contributed by atoms with van der Waals surface area (Å²) in [5, 5.41) is 0. The third kappa shape index (κ3) is 2.94. The molecule has 1 unspecified atom stereocenters. The van der Waals surface area contributed by atoms with Crippen molar-refractivity contribution in [2.45, 2.75) is 31.8 Å². The van der Waals surface area contributed by atoms with Gasteiger partial charge >= 0.3 is 5.91 Å². The Morgan fingerprint density at radius 3 is 2.95 bits per heavy atom. The van der Waals surface area contributed by atoms with Crippen LogP contribution in [0.15, 0.2) is 16.7 Å². The summed E-state index contributed by atoms with van der Waals surface area (Å²) in [6.45, 7) is 1.23. The number of furan rings is 1. The molecule has 1 aliphatic heterocycles. The van der Waals surface area contributed by atoms with Gasteiger partial charge in [-0.3, -0.25) is 19.9 Å². The molecule has 0 spiro atoms. The molecule has 0 saturated carbocycles. The van der Waals surface area contributed by atoms with Gasteiger partial charge in [-0.1, -0.05) is 6.42 Å². The Kier molecular flexibility index (Phi) is 4.18. The summed E-state index contributed by atoms with van der Waals surface area (Å²) < 4.78 is 5.12. The van der Waals surface area contributed by atoms with Crippen LogP contribution in [0.25, 0.3) is 0 Å². The number of hydrogen-bond acceptors (Lipinski definition) is 5. The molecule has 1 atom stereocenters. The van der Waals surface area contributed by atoms with Gasteiger partial charge in [0.2, 0.25) is 5.91 Å². The average molecular weight is 266 g/mol. The highest BCUT2D eigenvalue weighted by atomic mass is 16.3. The van der Waals surface area contributed by atoms with Crippen molar-refractivity contribution in [1.29, 1.82) is 0 Å². The Balaban J connectivity index is 2.13. The summed E-state index contributed by atoms with van der Waals surface area (Å²) in [5.74, 6) is 4.47. The van der Waals surface area contributed by atoms with Gasteiger partial charge in [-0.2, -0.15) is 0 Å². The van der Waals surface area contributed by atoms with Crippen LogP contribution in [0, 0.1) is 0 Å². The summed E-state index contributed by atoms with van der Waals surface area (Å²) >= 11 is 0. The minimum Gasteiger partial charge on any atom is -0.459 e. The zero-order valence-corrected chi connectivity index (χ0v) is 10.6. The summed E-state index contributed by atoms with van der Waals surface area (Å²) in [5.41, 5.74) is 8.15. The molecule has 7 heteroatoms. The Morgan fingerprint density at radius 2 is 2.26 bits per heavy atom. The largest absolute Gasteiger partial charge is 0.459 e. The van der Waals surface area contributed by atoms with E-state index in [0.29, 0.717) is 12.1 Å². The van der Waals surface area contributed by atoms with Crippen LogP contribution in [-0.2, 0) is 11.3 Å². The third-order valence-electron chi connectivity index (χ3n) is 3.40. The van der Waals surface area contributed by atoms with E-state index in [1.54, 1.807) is 6.07 Å². The smallest absolute Gasteiger partial charge is 0.301 e. The van der Waals surface area contributed by atoms with E-state index >= 15 is 0 Å². The predicted molar refractivity (Wildman–Crippen MR) is 67.6 cm³/mol. The first-order valence-corrected chi connectivity index (χ1v) is 6.24. The fraction of sp³-hybridized carbons (Fsp3) is 0.500. The Hall–Kier alpha value is -1.86. The number of nitrogens with one attached hydrogen (secondary N) is 1. The predicted octanol–water partition coefficient (Wildman–Crippen LogP) is -0.277. The second-order valence-electron chi connectivity index (χ2n) is 4.63. The molecular weight excluding hydrogens is 248 g/mol. The van der Waals surface area contributed by atoms with Crippen LogP contribution in [-0.4, -0.2) is 29.3 Å². The number of likely N-dealkylation sites (tertiary alicyclic amines) is 1. The molecule has 2 heterocycles. The summed E-state index contributed by atoms with van der Waals surface area (Å²) in [6, 6.07) is 1.43. The van der Waals surface area contributed by atoms with Gasteiger partial charge in [-0.25, -0.2) is 5.84 Å². The van der Waals surface area contributed by atoms with Crippen molar-refractivity contribution in [2.75, 3.05) is 6.54 Å². The number of amides is 2. The van der Waals surface area contributed by atoms with Crippen LogP contribution in [0.5, 0.6) is 0 Å². The molecule has 5 N–H and O–H groups in total. The fourth-order valence-electron chi connectivity index (χ4n) is 2.45. The van der Waals surface area contributed by atoms with Crippen molar-refractivity contribution in [1.82, 2.24) is 10.3 Å². The Bertz CT molecular complexity index is 471. The van der Waals surface area contributed by atoms with Gasteiger partial charge in [0.25, 0.3) is 0 Å². The van der Waals surface area contributed by atoms with Crippen molar-refractivity contribution < 1.29 is 14.0 Å². The quantitative estimate of drug-likeness (QED) is 0.394. The second kappa shape index (κ2) is 5.85. The molecule has 0 radical (unpaired) electrons. The van der Waals surface area contributed by atoms with E-state index in [0.717, 1.165) is 25.8 Å². The number of hydrazine groups is 1. The molecule has 7 nitrogen and oxygen atoms in total. The number of rotatable bonds is 4. The number of hydrogen-bond donors (Lipinski definition) is 3. The molecular formula is C12H18N4O3. The molecule has 104 valence electrons. The molecule has 0 bridgehead atoms. The van der Waals surface area contributed by atoms with Crippen molar-refractivity contribution in [2.24, 2.45) is 11.6 Å². The zero-order valence-electron chi connectivity index (χ0n) is 10.6. The van der Waals surface area contributed by atoms with Crippen molar-refractivity contribution in [3.63, 3.8) is 0 Å². The lowest BCUT2D eigenvalue weighted by atomic mass is 10.0. The number of piperidine rings is 1. The highest BCUT2D eigenvalue weighted by Gasteiger charge is 2.28. The molecule has 0 aromatic carbocycles. The zero-order chi connectivity index (χ0) is 13.8. The maximum Gasteiger partial charge on any atom is 0.301 e. The standard InChI is InChI=1S/C12H18N4O3/c13-11(17)9-3-1-2-5-16(9)7-8-4-6-19-10(8)12(18)15-14/h4,6,9H,1-3,5,7,14H2,(H2,13,17)(H,15,18). The SMILES string of the molecule is NNC(=O)c1occc1CN1CCCCC1C(N)=O. The lowest BCUT2D eigenvalue weighted by Gasteiger charge is -2.33. The maximum absolute atomic E-state index is 11.5. The molecule has 1 aromatic heterocycles. The van der Waals surface area contributed by atoms with Gasteiger partial charge in [-0.05, 0) is 25.5 Å². The highest BCUT2D eigenvalue weighted by molar-refractivity contribution is 5.92. The van der Waals surface area contributed by atoms with Gasteiger partial charge in [0.15, 0.2) is 5.76 Å². The van der Waals surface area contributed by atoms with Crippen molar-refractivity contribution in [3.8, 4) is 0 Å². The van der Waals surface area contributed by atoms with Crippen LogP contribution in [0.3, 0.4) is 0 Å². The number of nitrogen functional groups attached to an aromatic ring is 1. The molecule has 1 aromatic rings. The number of carbonyl (C=O) groups is 2. The first-order valence-electron chi connectivity index (χ1n) is 6.24. The van der Waals surface area contributed by atoms with E-state index in [9.17, 15) is 9.59 Å². The van der Waals surface area contributed by atoms with Crippen LogP contribution >= 0.6 is 0 Å².